The Balaban J connectivity index is 0.000000355. The molecule has 237 valence electrons. The topological polar surface area (TPSA) is 121 Å². The third-order valence-electron chi connectivity index (χ3n) is 5.87. The van der Waals surface area contributed by atoms with Crippen molar-refractivity contribution < 1.29 is 5.11 Å². The van der Waals surface area contributed by atoms with Crippen LogP contribution < -0.4 is 22.5 Å². The first-order chi connectivity index (χ1) is 20.2. The van der Waals surface area contributed by atoms with Crippen LogP contribution in [0.1, 0.15) is 37.3 Å². The van der Waals surface area contributed by atoms with Crippen LogP contribution in [0.4, 0.5) is 0 Å². The van der Waals surface area contributed by atoms with E-state index in [4.69, 9.17) is 39.9 Å². The van der Waals surface area contributed by atoms with Gasteiger partial charge in [0.15, 0.2) is 4.30 Å². The van der Waals surface area contributed by atoms with Crippen molar-refractivity contribution in [3.05, 3.63) is 62.0 Å². The number of aliphatic hydroxyl groups is 1. The fourth-order valence-corrected chi connectivity index (χ4v) is 7.78. The molecule has 19 heteroatoms. The summed E-state index contributed by atoms with van der Waals surface area (Å²) in [7, 11) is 7.71. The molecule has 4 aromatic rings. The summed E-state index contributed by atoms with van der Waals surface area (Å²) >= 11 is 27.2. The van der Waals surface area contributed by atoms with E-state index in [0.717, 1.165) is 32.6 Å². The molecule has 0 aromatic carbocycles. The van der Waals surface area contributed by atoms with Gasteiger partial charge < -0.3 is 5.11 Å². The molecular weight excluding hydrogens is 811 g/mol. The zero-order valence-corrected chi connectivity index (χ0v) is 31.6. The van der Waals surface area contributed by atoms with Gasteiger partial charge in [-0.2, -0.15) is 0 Å². The van der Waals surface area contributed by atoms with Crippen molar-refractivity contribution in [1.82, 2.24) is 18.3 Å². The predicted molar refractivity (Wildman–Crippen MR) is 193 cm³/mol. The van der Waals surface area contributed by atoms with Gasteiger partial charge in [-0.3, -0.25) is 27.9 Å². The van der Waals surface area contributed by atoms with E-state index < -0.39 is 4.30 Å². The Kier molecular flexibility index (Phi) is 18.5. The average molecular weight is 842 g/mol. The van der Waals surface area contributed by atoms with Crippen LogP contribution in [0.2, 0.25) is 0 Å². The quantitative estimate of drug-likeness (QED) is 0.138. The molecule has 1 N–H and O–H groups in total. The molecule has 0 saturated carbocycles. The Labute approximate surface area is 294 Å². The van der Waals surface area contributed by atoms with Gasteiger partial charge in [0, 0.05) is 44.7 Å². The normalized spacial score (nSPS) is 10.6. The maximum absolute atomic E-state index is 12.4. The van der Waals surface area contributed by atoms with Gasteiger partial charge in [0.25, 0.3) is 11.1 Å². The van der Waals surface area contributed by atoms with Gasteiger partial charge in [0.2, 0.25) is 0 Å². The second-order valence-electron chi connectivity index (χ2n) is 8.66. The van der Waals surface area contributed by atoms with E-state index in [2.05, 4.69) is 56.6 Å². The zero-order valence-electron chi connectivity index (χ0n) is 23.7. The maximum atomic E-state index is 12.4. The van der Waals surface area contributed by atoms with Crippen molar-refractivity contribution >= 4 is 130 Å². The van der Waals surface area contributed by atoms with E-state index >= 15 is 0 Å². The molecule has 0 unspecified atom stereocenters. The van der Waals surface area contributed by atoms with Crippen molar-refractivity contribution in [1.29, 1.82) is 0 Å². The molecule has 0 fully saturated rings. The number of nitrogens with zero attached hydrogens (tertiary/aromatic N) is 5. The van der Waals surface area contributed by atoms with Crippen LogP contribution in [-0.2, 0) is 32.5 Å². The number of rotatable bonds is 7. The Morgan fingerprint density at radius 1 is 1.00 bits per heavy atom. The number of aliphatic hydroxyl groups excluding tert-OH is 1. The summed E-state index contributed by atoms with van der Waals surface area (Å²) in [5.41, 5.74) is 0.825. The summed E-state index contributed by atoms with van der Waals surface area (Å²) in [6, 6.07) is 0. The molecule has 4 rings (SSSR count). The molecule has 4 aromatic heterocycles. The monoisotopic (exact) mass is 838 g/mol. The Morgan fingerprint density at radius 3 is 1.93 bits per heavy atom. The molecule has 0 aliphatic carbocycles. The minimum atomic E-state index is -0.750. The van der Waals surface area contributed by atoms with Crippen LogP contribution in [0.3, 0.4) is 0 Å². The molecule has 43 heavy (non-hydrogen) atoms. The molecule has 0 aliphatic rings. The van der Waals surface area contributed by atoms with Gasteiger partial charge in [-0.25, -0.2) is 9.59 Å². The molecule has 0 amide bonds. The number of thiophene rings is 2. The minimum absolute atomic E-state index is 0.0493. The van der Waals surface area contributed by atoms with Crippen LogP contribution in [0.15, 0.2) is 32.6 Å². The Morgan fingerprint density at radius 2 is 1.47 bits per heavy atom. The van der Waals surface area contributed by atoms with E-state index in [1.54, 1.807) is 18.7 Å². The molecule has 10 nitrogen and oxygen atoms in total. The van der Waals surface area contributed by atoms with Crippen molar-refractivity contribution in [3.8, 4) is 0 Å². The summed E-state index contributed by atoms with van der Waals surface area (Å²) < 4.78 is 8.39. The van der Waals surface area contributed by atoms with Crippen molar-refractivity contribution in [2.75, 3.05) is 6.61 Å². The molecule has 0 saturated heterocycles. The third kappa shape index (κ3) is 10.4. The van der Waals surface area contributed by atoms with Gasteiger partial charge in [0.05, 0.1) is 14.6 Å². The second kappa shape index (κ2) is 19.7. The number of unbranched alkanes of at least 4 members (excludes halogenated alkanes) is 1. The van der Waals surface area contributed by atoms with E-state index in [1.165, 1.54) is 36.4 Å². The van der Waals surface area contributed by atoms with Gasteiger partial charge >= 0.3 is 36.1 Å². The fourth-order valence-electron chi connectivity index (χ4n) is 3.86. The van der Waals surface area contributed by atoms with Crippen molar-refractivity contribution in [3.63, 3.8) is 0 Å². The zero-order chi connectivity index (χ0) is 33.0. The molecule has 0 atom stereocenters. The first-order valence-electron chi connectivity index (χ1n) is 12.5. The second-order valence-corrected chi connectivity index (χ2v) is 14.6. The average Bonchev–Trinajstić information content (AvgIpc) is 3.51. The number of halogens is 5. The van der Waals surface area contributed by atoms with E-state index in [9.17, 15) is 19.2 Å². The number of aromatic nitrogens is 4. The summed E-state index contributed by atoms with van der Waals surface area (Å²) in [5.74, 6) is 0. The van der Waals surface area contributed by atoms with Gasteiger partial charge in [-0.1, -0.05) is 64.1 Å². The van der Waals surface area contributed by atoms with Crippen molar-refractivity contribution in [2.45, 2.75) is 55.8 Å². The third-order valence-corrected chi connectivity index (χ3v) is 9.66. The van der Waals surface area contributed by atoms with Crippen LogP contribution in [0.5, 0.6) is 0 Å². The molecule has 1 radical (unpaired) electrons. The van der Waals surface area contributed by atoms with Crippen LogP contribution in [0, 0.1) is 6.92 Å². The summed E-state index contributed by atoms with van der Waals surface area (Å²) in [5, 5.41) is 12.6. The fraction of sp³-hybridized carbons (Fsp3) is 0.500. The van der Waals surface area contributed by atoms with Crippen LogP contribution in [0.25, 0.3) is 20.4 Å². The molecule has 0 aliphatic heterocycles. The Hall–Kier alpha value is -0.715. The van der Waals surface area contributed by atoms with E-state index in [1.807, 2.05) is 19.2 Å². The number of alkyl halides is 4. The van der Waals surface area contributed by atoms with Gasteiger partial charge in [0.1, 0.15) is 9.66 Å². The molecule has 0 spiro atoms. The van der Waals surface area contributed by atoms with E-state index in [-0.39, 0.29) is 35.6 Å². The van der Waals surface area contributed by atoms with Gasteiger partial charge in [-0.05, 0) is 46.6 Å². The first kappa shape index (κ1) is 40.3. The van der Waals surface area contributed by atoms with Crippen LogP contribution >= 0.6 is 102 Å². The molecular formula is C24H30BBr2Cl3N5O5S3. The van der Waals surface area contributed by atoms with Crippen molar-refractivity contribution in [2.24, 2.45) is 18.4 Å². The summed E-state index contributed by atoms with van der Waals surface area (Å²) in [4.78, 5) is 50.3. The van der Waals surface area contributed by atoms with Crippen LogP contribution in [-0.4, -0.2) is 41.9 Å². The number of fused-ring (bicyclic) bond motifs is 2. The predicted octanol–water partition coefficient (Wildman–Crippen LogP) is 5.84. The number of hydrogen-bond acceptors (Lipinski definition) is 9. The Bertz CT molecular complexity index is 1770. The van der Waals surface area contributed by atoms with Gasteiger partial charge in [-0.15, -0.1) is 22.7 Å². The summed E-state index contributed by atoms with van der Waals surface area (Å²) in [6.45, 7) is 4.64. The number of thiol groups is 1. The summed E-state index contributed by atoms with van der Waals surface area (Å²) in [6.07, 6.45) is 2.20. The molecule has 0 bridgehead atoms. The molecule has 4 heterocycles. The number of aryl methyl sites for hydroxylation is 3. The first-order valence-corrected chi connectivity index (χ1v) is 17.8. The standard InChI is InChI=1S/C12H16N2O2S.C11H12Br2N2O3S.CHCl3.BHNS/c1-4-5-6-14-10(15)9-8(2)7-17-11(9)13(3)12(14)16;1-14-10-7(6(5-12)8(13)19-10)9(17)15(11(14)18)3-2-4-16;2-1(3)4;1-2-3/h7H,4-6H2,1-3H3;16H,2-5H2,1H3;1H;3H. The SMILES string of the molecule is CCCCn1c(=O)c2c(C)csc2n(C)c1=O.ClC(Cl)Cl.Cn1c(=O)n(CCCO)c(=O)c2c(CBr)c(Br)sc21.[B]=NS. The van der Waals surface area contributed by atoms with E-state index in [0.29, 0.717) is 33.9 Å². The number of hydrogen-bond donors (Lipinski definition) is 2.